The van der Waals surface area contributed by atoms with Gasteiger partial charge in [-0.15, -0.1) is 0 Å². The smallest absolute Gasteiger partial charge is 0.303 e. The molecule has 114 valence electrons. The zero-order valence-electron chi connectivity index (χ0n) is 12.1. The molecule has 1 aromatic rings. The van der Waals surface area contributed by atoms with Gasteiger partial charge in [-0.05, 0) is 30.4 Å². The maximum Gasteiger partial charge on any atom is 0.303 e. The lowest BCUT2D eigenvalue weighted by atomic mass is 9.71. The van der Waals surface area contributed by atoms with Gasteiger partial charge in [-0.25, -0.2) is 0 Å². The fourth-order valence-corrected chi connectivity index (χ4v) is 3.11. The standard InChI is InChI=1S/C16H22N2O3/c17-13-7-3-2-6-12(13)15(21)18-11-16(10-14(19)20)8-4-1-5-9-16/h2-3,6-7H,1,4-5,8-11,17H2,(H,18,21)(H,19,20). The number of aliphatic carboxylic acids is 1. The first-order valence-electron chi connectivity index (χ1n) is 7.37. The van der Waals surface area contributed by atoms with Crippen molar-refractivity contribution in [1.29, 1.82) is 0 Å². The second-order valence-electron chi connectivity index (χ2n) is 5.90. The first-order valence-corrected chi connectivity index (χ1v) is 7.37. The Kier molecular flexibility index (Phi) is 4.83. The van der Waals surface area contributed by atoms with Crippen molar-refractivity contribution in [2.75, 3.05) is 12.3 Å². The normalized spacial score (nSPS) is 17.1. The minimum Gasteiger partial charge on any atom is -0.481 e. The van der Waals surface area contributed by atoms with Crippen LogP contribution in [0.5, 0.6) is 0 Å². The molecule has 1 aliphatic carbocycles. The van der Waals surface area contributed by atoms with Crippen molar-refractivity contribution in [1.82, 2.24) is 5.32 Å². The number of benzene rings is 1. The second kappa shape index (κ2) is 6.61. The molecule has 5 heteroatoms. The monoisotopic (exact) mass is 290 g/mol. The van der Waals surface area contributed by atoms with Crippen LogP contribution in [0.3, 0.4) is 0 Å². The van der Waals surface area contributed by atoms with Gasteiger partial charge in [0.05, 0.1) is 12.0 Å². The Bertz CT molecular complexity index is 522. The summed E-state index contributed by atoms with van der Waals surface area (Å²) in [5.41, 5.74) is 6.35. The molecule has 0 aromatic heterocycles. The molecule has 0 bridgehead atoms. The number of anilines is 1. The number of para-hydroxylation sites is 1. The van der Waals surface area contributed by atoms with Gasteiger partial charge in [-0.2, -0.15) is 0 Å². The number of carboxylic acids is 1. The van der Waals surface area contributed by atoms with Crippen LogP contribution >= 0.6 is 0 Å². The van der Waals surface area contributed by atoms with E-state index in [0.717, 1.165) is 32.1 Å². The zero-order valence-corrected chi connectivity index (χ0v) is 12.1. The van der Waals surface area contributed by atoms with Crippen LogP contribution in [-0.2, 0) is 4.79 Å². The fraction of sp³-hybridized carbons (Fsp3) is 0.500. The van der Waals surface area contributed by atoms with E-state index in [4.69, 9.17) is 10.8 Å². The Labute approximate surface area is 124 Å². The summed E-state index contributed by atoms with van der Waals surface area (Å²) in [6.45, 7) is 0.395. The molecule has 0 radical (unpaired) electrons. The zero-order chi connectivity index (χ0) is 15.3. The predicted molar refractivity (Wildman–Crippen MR) is 81.0 cm³/mol. The van der Waals surface area contributed by atoms with E-state index in [-0.39, 0.29) is 17.7 Å². The minimum atomic E-state index is -0.801. The Morgan fingerprint density at radius 3 is 2.48 bits per heavy atom. The number of nitrogen functional groups attached to an aromatic ring is 1. The minimum absolute atomic E-state index is 0.109. The predicted octanol–water partition coefficient (Wildman–Crippen LogP) is 2.42. The van der Waals surface area contributed by atoms with Crippen LogP contribution in [0.25, 0.3) is 0 Å². The van der Waals surface area contributed by atoms with Crippen LogP contribution in [0.1, 0.15) is 48.9 Å². The van der Waals surface area contributed by atoms with Crippen LogP contribution < -0.4 is 11.1 Å². The summed E-state index contributed by atoms with van der Waals surface area (Å²) in [5.74, 6) is -1.03. The van der Waals surface area contributed by atoms with Crippen molar-refractivity contribution in [2.24, 2.45) is 5.41 Å². The summed E-state index contributed by atoms with van der Waals surface area (Å²) < 4.78 is 0. The molecule has 0 heterocycles. The van der Waals surface area contributed by atoms with E-state index in [1.807, 2.05) is 0 Å². The quantitative estimate of drug-likeness (QED) is 0.726. The first kappa shape index (κ1) is 15.4. The maximum atomic E-state index is 12.2. The Morgan fingerprint density at radius 1 is 1.19 bits per heavy atom. The van der Waals surface area contributed by atoms with Crippen molar-refractivity contribution in [3.05, 3.63) is 29.8 Å². The van der Waals surface area contributed by atoms with Gasteiger partial charge in [0.1, 0.15) is 0 Å². The molecule has 1 aliphatic rings. The van der Waals surface area contributed by atoms with Crippen LogP contribution in [-0.4, -0.2) is 23.5 Å². The van der Waals surface area contributed by atoms with E-state index in [2.05, 4.69) is 5.32 Å². The highest BCUT2D eigenvalue weighted by atomic mass is 16.4. The van der Waals surface area contributed by atoms with Crippen molar-refractivity contribution in [2.45, 2.75) is 38.5 Å². The van der Waals surface area contributed by atoms with Crippen molar-refractivity contribution in [3.8, 4) is 0 Å². The van der Waals surface area contributed by atoms with E-state index in [1.165, 1.54) is 0 Å². The number of carbonyl (C=O) groups is 2. The highest BCUT2D eigenvalue weighted by Crippen LogP contribution is 2.38. The number of nitrogens with two attached hydrogens (primary N) is 1. The summed E-state index contributed by atoms with van der Waals surface area (Å²) >= 11 is 0. The topological polar surface area (TPSA) is 92.4 Å². The molecule has 0 unspecified atom stereocenters. The largest absolute Gasteiger partial charge is 0.481 e. The molecule has 0 atom stereocenters. The van der Waals surface area contributed by atoms with Crippen molar-refractivity contribution in [3.63, 3.8) is 0 Å². The summed E-state index contributed by atoms with van der Waals surface area (Å²) in [4.78, 5) is 23.3. The third kappa shape index (κ3) is 3.97. The van der Waals surface area contributed by atoms with Gasteiger partial charge < -0.3 is 16.2 Å². The Balaban J connectivity index is 2.03. The molecular formula is C16H22N2O3. The Morgan fingerprint density at radius 2 is 1.86 bits per heavy atom. The SMILES string of the molecule is Nc1ccccc1C(=O)NCC1(CC(=O)O)CCCCC1. The van der Waals surface area contributed by atoms with Crippen LogP contribution in [0.15, 0.2) is 24.3 Å². The lowest BCUT2D eigenvalue weighted by molar-refractivity contribution is -0.140. The number of carbonyl (C=O) groups excluding carboxylic acids is 1. The third-order valence-corrected chi connectivity index (χ3v) is 4.27. The lowest BCUT2D eigenvalue weighted by Gasteiger charge is -2.36. The van der Waals surface area contributed by atoms with Gasteiger partial charge in [-0.1, -0.05) is 31.4 Å². The molecule has 5 nitrogen and oxygen atoms in total. The van der Waals surface area contributed by atoms with Gasteiger partial charge >= 0.3 is 5.97 Å². The molecule has 2 rings (SSSR count). The molecule has 0 saturated heterocycles. The fourth-order valence-electron chi connectivity index (χ4n) is 3.11. The van der Waals surface area contributed by atoms with Crippen molar-refractivity contribution < 1.29 is 14.7 Å². The molecule has 0 aliphatic heterocycles. The molecule has 0 spiro atoms. The molecule has 1 saturated carbocycles. The average molecular weight is 290 g/mol. The summed E-state index contributed by atoms with van der Waals surface area (Å²) in [5, 5.41) is 12.0. The van der Waals surface area contributed by atoms with Crippen LogP contribution in [0, 0.1) is 5.41 Å². The molecular weight excluding hydrogens is 268 g/mol. The summed E-state index contributed by atoms with van der Waals surface area (Å²) in [6.07, 6.45) is 5.00. The van der Waals surface area contributed by atoms with E-state index < -0.39 is 5.97 Å². The van der Waals surface area contributed by atoms with E-state index >= 15 is 0 Å². The molecule has 1 amide bonds. The van der Waals surface area contributed by atoms with Gasteiger partial charge in [0.15, 0.2) is 0 Å². The van der Waals surface area contributed by atoms with Crippen LogP contribution in [0.2, 0.25) is 0 Å². The molecule has 4 N–H and O–H groups in total. The molecule has 1 fully saturated rings. The number of rotatable bonds is 5. The summed E-state index contributed by atoms with van der Waals surface area (Å²) in [6, 6.07) is 6.90. The van der Waals surface area contributed by atoms with Crippen molar-refractivity contribution >= 4 is 17.6 Å². The van der Waals surface area contributed by atoms with E-state index in [9.17, 15) is 9.59 Å². The third-order valence-electron chi connectivity index (χ3n) is 4.27. The lowest BCUT2D eigenvalue weighted by Crippen LogP contribution is -2.40. The highest BCUT2D eigenvalue weighted by molar-refractivity contribution is 5.99. The van der Waals surface area contributed by atoms with Gasteiger partial charge in [0.25, 0.3) is 5.91 Å². The van der Waals surface area contributed by atoms with Gasteiger partial charge in [0.2, 0.25) is 0 Å². The van der Waals surface area contributed by atoms with Gasteiger partial charge in [-0.3, -0.25) is 9.59 Å². The molecule has 1 aromatic carbocycles. The Hall–Kier alpha value is -2.04. The number of hydrogen-bond donors (Lipinski definition) is 3. The van der Waals surface area contributed by atoms with E-state index in [1.54, 1.807) is 24.3 Å². The number of amides is 1. The first-order chi connectivity index (χ1) is 10.0. The number of hydrogen-bond acceptors (Lipinski definition) is 3. The molecule has 21 heavy (non-hydrogen) atoms. The average Bonchev–Trinajstić information content (AvgIpc) is 2.46. The van der Waals surface area contributed by atoms with Gasteiger partial charge in [0, 0.05) is 12.2 Å². The summed E-state index contributed by atoms with van der Waals surface area (Å²) in [7, 11) is 0. The number of nitrogens with one attached hydrogen (secondary N) is 1. The highest BCUT2D eigenvalue weighted by Gasteiger charge is 2.34. The van der Waals surface area contributed by atoms with E-state index in [0.29, 0.717) is 17.8 Å². The second-order valence-corrected chi connectivity index (χ2v) is 5.90. The van der Waals surface area contributed by atoms with Crippen LogP contribution in [0.4, 0.5) is 5.69 Å². The maximum absolute atomic E-state index is 12.2. The number of carboxylic acid groups (broad SMARTS) is 1.